The van der Waals surface area contributed by atoms with Crippen molar-refractivity contribution in [3.05, 3.63) is 18.5 Å². The van der Waals surface area contributed by atoms with Crippen molar-refractivity contribution in [3.8, 4) is 0 Å². The second kappa shape index (κ2) is 6.14. The number of hydrogen-bond donors (Lipinski definition) is 0. The molecular formula is C15H20F2N4O. The number of alkyl halides is 2. The van der Waals surface area contributed by atoms with E-state index in [1.54, 1.807) is 23.4 Å². The molecule has 22 heavy (non-hydrogen) atoms. The molecule has 0 aromatic carbocycles. The van der Waals surface area contributed by atoms with Crippen LogP contribution >= 0.6 is 0 Å². The van der Waals surface area contributed by atoms with Gasteiger partial charge in [0.2, 0.25) is 11.9 Å². The predicted octanol–water partition coefficient (Wildman–Crippen LogP) is 1.95. The van der Waals surface area contributed by atoms with E-state index in [2.05, 4.69) is 9.97 Å². The van der Waals surface area contributed by atoms with Gasteiger partial charge in [-0.25, -0.2) is 18.7 Å². The molecule has 7 heteroatoms. The van der Waals surface area contributed by atoms with Crippen LogP contribution in [-0.2, 0) is 4.79 Å². The molecule has 2 fully saturated rings. The van der Waals surface area contributed by atoms with Crippen LogP contribution < -0.4 is 4.90 Å². The third-order valence-electron chi connectivity index (χ3n) is 4.41. The summed E-state index contributed by atoms with van der Waals surface area (Å²) in [6, 6.07) is 1.75. The number of carbonyl (C=O) groups is 1. The molecule has 120 valence electrons. The second-order valence-electron chi connectivity index (χ2n) is 6.02. The van der Waals surface area contributed by atoms with Gasteiger partial charge in [-0.05, 0) is 18.9 Å². The summed E-state index contributed by atoms with van der Waals surface area (Å²) in [5, 5.41) is 0. The number of carbonyl (C=O) groups excluding carboxylic acids is 1. The number of piperidine rings is 2. The number of hydrogen-bond acceptors (Lipinski definition) is 4. The molecule has 5 nitrogen and oxygen atoms in total. The number of halogens is 2. The Morgan fingerprint density at radius 2 is 1.86 bits per heavy atom. The van der Waals surface area contributed by atoms with Crippen LogP contribution in [0.15, 0.2) is 18.5 Å². The van der Waals surface area contributed by atoms with Gasteiger partial charge in [-0.1, -0.05) is 0 Å². The van der Waals surface area contributed by atoms with E-state index in [1.165, 1.54) is 0 Å². The molecule has 3 heterocycles. The molecule has 1 unspecified atom stereocenters. The zero-order valence-corrected chi connectivity index (χ0v) is 12.4. The van der Waals surface area contributed by atoms with Gasteiger partial charge in [0.25, 0.3) is 5.92 Å². The Labute approximate surface area is 128 Å². The fourth-order valence-electron chi connectivity index (χ4n) is 3.13. The van der Waals surface area contributed by atoms with Crippen LogP contribution in [0.4, 0.5) is 14.7 Å². The topological polar surface area (TPSA) is 49.3 Å². The third-order valence-corrected chi connectivity index (χ3v) is 4.41. The smallest absolute Gasteiger partial charge is 0.251 e. The highest BCUT2D eigenvalue weighted by molar-refractivity contribution is 5.79. The Morgan fingerprint density at radius 1 is 1.18 bits per heavy atom. The summed E-state index contributed by atoms with van der Waals surface area (Å²) in [7, 11) is 0. The highest BCUT2D eigenvalue weighted by Gasteiger charge is 2.38. The molecule has 0 bridgehead atoms. The van der Waals surface area contributed by atoms with Crippen molar-refractivity contribution < 1.29 is 13.6 Å². The highest BCUT2D eigenvalue weighted by atomic mass is 19.3. The van der Waals surface area contributed by atoms with Gasteiger partial charge in [0.1, 0.15) is 0 Å². The normalized spacial score (nSPS) is 25.1. The maximum atomic E-state index is 13.2. The summed E-state index contributed by atoms with van der Waals surface area (Å²) >= 11 is 0. The monoisotopic (exact) mass is 310 g/mol. The van der Waals surface area contributed by atoms with Crippen LogP contribution in [-0.4, -0.2) is 52.9 Å². The number of aromatic nitrogens is 2. The fourth-order valence-corrected chi connectivity index (χ4v) is 3.13. The Hall–Kier alpha value is -1.79. The van der Waals surface area contributed by atoms with E-state index in [4.69, 9.17) is 0 Å². The Bertz CT molecular complexity index is 516. The Morgan fingerprint density at radius 3 is 2.55 bits per heavy atom. The fraction of sp³-hybridized carbons (Fsp3) is 0.667. The first kappa shape index (κ1) is 15.1. The van der Waals surface area contributed by atoms with Gasteiger partial charge in [0.05, 0.1) is 5.92 Å². The molecule has 2 saturated heterocycles. The van der Waals surface area contributed by atoms with E-state index in [0.29, 0.717) is 12.5 Å². The lowest BCUT2D eigenvalue weighted by atomic mass is 9.95. The van der Waals surface area contributed by atoms with E-state index < -0.39 is 5.92 Å². The van der Waals surface area contributed by atoms with Crippen molar-refractivity contribution in [2.75, 3.05) is 31.1 Å². The van der Waals surface area contributed by atoms with Crippen LogP contribution in [0, 0.1) is 5.92 Å². The predicted molar refractivity (Wildman–Crippen MR) is 77.7 cm³/mol. The molecule has 0 radical (unpaired) electrons. The number of likely N-dealkylation sites (tertiary alicyclic amines) is 1. The van der Waals surface area contributed by atoms with Crippen LogP contribution in [0.3, 0.4) is 0 Å². The van der Waals surface area contributed by atoms with Crippen molar-refractivity contribution in [2.24, 2.45) is 5.92 Å². The lowest BCUT2D eigenvalue weighted by Gasteiger charge is -2.37. The Kier molecular flexibility index (Phi) is 4.22. The van der Waals surface area contributed by atoms with Crippen LogP contribution in [0.2, 0.25) is 0 Å². The van der Waals surface area contributed by atoms with E-state index >= 15 is 0 Å². The van der Waals surface area contributed by atoms with Crippen molar-refractivity contribution >= 4 is 11.9 Å². The van der Waals surface area contributed by atoms with E-state index in [1.807, 2.05) is 4.90 Å². The van der Waals surface area contributed by atoms with E-state index in [9.17, 15) is 13.6 Å². The summed E-state index contributed by atoms with van der Waals surface area (Å²) in [5.41, 5.74) is 0. The molecule has 2 aliphatic rings. The molecule has 1 amide bonds. The first-order valence-electron chi connectivity index (χ1n) is 7.74. The van der Waals surface area contributed by atoms with Crippen molar-refractivity contribution in [1.82, 2.24) is 14.9 Å². The van der Waals surface area contributed by atoms with Gasteiger partial charge in [-0.3, -0.25) is 4.79 Å². The molecule has 1 aromatic rings. The third kappa shape index (κ3) is 3.34. The summed E-state index contributed by atoms with van der Waals surface area (Å²) in [5.74, 6) is -2.14. The second-order valence-corrected chi connectivity index (χ2v) is 6.02. The Balaban J connectivity index is 1.61. The lowest BCUT2D eigenvalue weighted by Crippen LogP contribution is -2.49. The van der Waals surface area contributed by atoms with Gasteiger partial charge in [0, 0.05) is 51.4 Å². The lowest BCUT2D eigenvalue weighted by molar-refractivity contribution is -0.141. The summed E-state index contributed by atoms with van der Waals surface area (Å²) in [6.07, 6.45) is 4.60. The average molecular weight is 310 g/mol. The van der Waals surface area contributed by atoms with Crippen molar-refractivity contribution in [2.45, 2.75) is 31.6 Å². The molecule has 0 spiro atoms. The van der Waals surface area contributed by atoms with Gasteiger partial charge in [-0.2, -0.15) is 0 Å². The standard InChI is InChI=1S/C15H20F2N4O/c16-15(17)4-9-20(10-5-15)13(22)12-3-1-8-21(11-12)14-18-6-2-7-19-14/h2,6-7,12H,1,3-5,8-11H2. The average Bonchev–Trinajstić information content (AvgIpc) is 2.55. The van der Waals surface area contributed by atoms with Gasteiger partial charge in [0.15, 0.2) is 0 Å². The number of rotatable bonds is 2. The zero-order valence-electron chi connectivity index (χ0n) is 12.4. The summed E-state index contributed by atoms with van der Waals surface area (Å²) in [4.78, 5) is 24.6. The molecule has 2 aliphatic heterocycles. The minimum Gasteiger partial charge on any atom is -0.342 e. The van der Waals surface area contributed by atoms with E-state index in [-0.39, 0.29) is 37.8 Å². The van der Waals surface area contributed by atoms with Crippen LogP contribution in [0.1, 0.15) is 25.7 Å². The first-order chi connectivity index (χ1) is 10.6. The summed E-state index contributed by atoms with van der Waals surface area (Å²) in [6.45, 7) is 1.70. The molecule has 3 rings (SSSR count). The van der Waals surface area contributed by atoms with Gasteiger partial charge in [-0.15, -0.1) is 0 Å². The molecular weight excluding hydrogens is 290 g/mol. The van der Waals surface area contributed by atoms with Crippen LogP contribution in [0.5, 0.6) is 0 Å². The van der Waals surface area contributed by atoms with Gasteiger partial charge < -0.3 is 9.80 Å². The van der Waals surface area contributed by atoms with Gasteiger partial charge >= 0.3 is 0 Å². The largest absolute Gasteiger partial charge is 0.342 e. The SMILES string of the molecule is O=C(C1CCCN(c2ncccn2)C1)N1CCC(F)(F)CC1. The van der Waals surface area contributed by atoms with Crippen molar-refractivity contribution in [3.63, 3.8) is 0 Å². The minimum absolute atomic E-state index is 0.00358. The van der Waals surface area contributed by atoms with Crippen molar-refractivity contribution in [1.29, 1.82) is 0 Å². The highest BCUT2D eigenvalue weighted by Crippen LogP contribution is 2.29. The molecule has 1 aromatic heterocycles. The summed E-state index contributed by atoms with van der Waals surface area (Å²) < 4.78 is 26.4. The molecule has 0 saturated carbocycles. The zero-order chi connectivity index (χ0) is 15.6. The minimum atomic E-state index is -2.62. The first-order valence-corrected chi connectivity index (χ1v) is 7.74. The molecule has 1 atom stereocenters. The number of anilines is 1. The van der Waals surface area contributed by atoms with Crippen LogP contribution in [0.25, 0.3) is 0 Å². The van der Waals surface area contributed by atoms with E-state index in [0.717, 1.165) is 19.4 Å². The quantitative estimate of drug-likeness (QED) is 0.838. The number of amides is 1. The molecule has 0 N–H and O–H groups in total. The number of nitrogens with zero attached hydrogens (tertiary/aromatic N) is 4. The molecule has 0 aliphatic carbocycles. The maximum Gasteiger partial charge on any atom is 0.251 e. The maximum absolute atomic E-state index is 13.2.